The van der Waals surface area contributed by atoms with E-state index in [1.807, 2.05) is 12.1 Å². The molecule has 0 saturated heterocycles. The lowest BCUT2D eigenvalue weighted by Gasteiger charge is -2.35. The zero-order chi connectivity index (χ0) is 24.2. The van der Waals surface area contributed by atoms with Crippen molar-refractivity contribution in [1.82, 2.24) is 10.3 Å². The molecule has 1 aromatic carbocycles. The Kier molecular flexibility index (Phi) is 7.32. The van der Waals surface area contributed by atoms with Crippen LogP contribution in [0.5, 0.6) is 0 Å². The van der Waals surface area contributed by atoms with Gasteiger partial charge in [-0.2, -0.15) is 0 Å². The van der Waals surface area contributed by atoms with Gasteiger partial charge in [0.2, 0.25) is 0 Å². The molecule has 5 rings (SSSR count). The minimum Gasteiger partial charge on any atom is -0.480 e. The molecular formula is C28H35N3O4. The van der Waals surface area contributed by atoms with Crippen molar-refractivity contribution in [1.29, 1.82) is 0 Å². The van der Waals surface area contributed by atoms with E-state index in [0.717, 1.165) is 50.2 Å². The molecule has 7 nitrogen and oxygen atoms in total. The lowest BCUT2D eigenvalue weighted by molar-refractivity contribution is -0.140. The smallest absolute Gasteiger partial charge is 0.326 e. The predicted octanol–water partition coefficient (Wildman–Crippen LogP) is 4.32. The zero-order valence-electron chi connectivity index (χ0n) is 20.2. The Morgan fingerprint density at radius 1 is 1.14 bits per heavy atom. The van der Waals surface area contributed by atoms with Gasteiger partial charge < -0.3 is 20.5 Å². The van der Waals surface area contributed by atoms with Crippen LogP contribution in [0, 0.1) is 5.92 Å². The minimum atomic E-state index is -1.03. The van der Waals surface area contributed by atoms with E-state index in [4.69, 9.17) is 9.72 Å². The van der Waals surface area contributed by atoms with E-state index < -0.39 is 12.0 Å². The third kappa shape index (κ3) is 6.20. The molecule has 1 amide bonds. The summed E-state index contributed by atoms with van der Waals surface area (Å²) in [6.07, 6.45) is 9.20. The van der Waals surface area contributed by atoms with Gasteiger partial charge >= 0.3 is 5.97 Å². The summed E-state index contributed by atoms with van der Waals surface area (Å²) < 4.78 is 5.91. The summed E-state index contributed by atoms with van der Waals surface area (Å²) in [6.45, 7) is 1.33. The van der Waals surface area contributed by atoms with Crippen LogP contribution >= 0.6 is 0 Å². The number of rotatable bonds is 11. The Bertz CT molecular complexity index is 1040. The molecule has 2 saturated carbocycles. The summed E-state index contributed by atoms with van der Waals surface area (Å²) in [5.74, 6) is 0.919. The topological polar surface area (TPSA) is 101 Å². The maximum Gasteiger partial charge on any atom is 0.326 e. The van der Waals surface area contributed by atoms with E-state index in [1.165, 1.54) is 30.4 Å². The van der Waals surface area contributed by atoms with Gasteiger partial charge in [-0.15, -0.1) is 0 Å². The Morgan fingerprint density at radius 3 is 2.69 bits per heavy atom. The average Bonchev–Trinajstić information content (AvgIpc) is 3.69. The van der Waals surface area contributed by atoms with Gasteiger partial charge in [0.15, 0.2) is 0 Å². The molecular weight excluding hydrogens is 442 g/mol. The number of benzene rings is 1. The summed E-state index contributed by atoms with van der Waals surface area (Å²) in [5.41, 5.74) is 4.20. The number of anilines is 1. The largest absolute Gasteiger partial charge is 0.480 e. The van der Waals surface area contributed by atoms with Crippen LogP contribution in [-0.4, -0.2) is 47.3 Å². The Hall–Kier alpha value is -2.93. The van der Waals surface area contributed by atoms with Crippen molar-refractivity contribution in [3.63, 3.8) is 0 Å². The number of ether oxygens (including phenoxy) is 1. The highest BCUT2D eigenvalue weighted by Crippen LogP contribution is 2.40. The van der Waals surface area contributed by atoms with E-state index in [2.05, 4.69) is 22.8 Å². The molecule has 0 bridgehead atoms. The summed E-state index contributed by atoms with van der Waals surface area (Å²) in [6, 6.07) is 10.9. The van der Waals surface area contributed by atoms with E-state index in [1.54, 1.807) is 12.1 Å². The van der Waals surface area contributed by atoms with E-state index >= 15 is 0 Å². The van der Waals surface area contributed by atoms with Crippen LogP contribution in [0.25, 0.3) is 0 Å². The van der Waals surface area contributed by atoms with Crippen molar-refractivity contribution < 1.29 is 19.4 Å². The molecule has 0 spiro atoms. The van der Waals surface area contributed by atoms with Gasteiger partial charge in [-0.3, -0.25) is 4.79 Å². The number of hydrogen-bond acceptors (Lipinski definition) is 5. The number of pyridine rings is 1. The van der Waals surface area contributed by atoms with Crippen molar-refractivity contribution in [3.8, 4) is 0 Å². The SMILES string of the molecule is O=C(NC(CCOC1CC(CCc2ccc3c(n2)NCCC3)C1)C(=O)O)c1ccc(C2CC2)cc1. The van der Waals surface area contributed by atoms with Crippen LogP contribution in [0.2, 0.25) is 0 Å². The molecule has 35 heavy (non-hydrogen) atoms. The summed E-state index contributed by atoms with van der Waals surface area (Å²) in [4.78, 5) is 28.9. The lowest BCUT2D eigenvalue weighted by Crippen LogP contribution is -2.42. The van der Waals surface area contributed by atoms with Crippen LogP contribution in [-0.2, 0) is 22.4 Å². The maximum atomic E-state index is 12.5. The Labute approximate surface area is 206 Å². The van der Waals surface area contributed by atoms with Gasteiger partial charge in [-0.1, -0.05) is 18.2 Å². The molecule has 3 aliphatic rings. The standard InChI is InChI=1S/C28H35N3O4/c32-27(22-8-6-20(7-9-22)19-4-5-19)31-25(28(33)34)13-15-35-24-16-18(17-24)3-11-23-12-10-21-2-1-14-29-26(21)30-23/h6-10,12,18-19,24-25H,1-5,11,13-17H2,(H,29,30)(H,31,32)(H,33,34). The number of fused-ring (bicyclic) bond motifs is 1. The van der Waals surface area contributed by atoms with Crippen molar-refractivity contribution in [2.45, 2.75) is 75.9 Å². The molecule has 1 unspecified atom stereocenters. The first kappa shape index (κ1) is 23.8. The van der Waals surface area contributed by atoms with Gasteiger partial charge in [0, 0.05) is 30.8 Å². The first-order valence-corrected chi connectivity index (χ1v) is 13.0. The predicted molar refractivity (Wildman–Crippen MR) is 134 cm³/mol. The number of carboxylic acids is 1. The number of aliphatic carboxylic acids is 1. The average molecular weight is 478 g/mol. The fraction of sp³-hybridized carbons (Fsp3) is 0.536. The quantitative estimate of drug-likeness (QED) is 0.446. The summed E-state index contributed by atoms with van der Waals surface area (Å²) in [5, 5.41) is 15.6. The van der Waals surface area contributed by atoms with Gasteiger partial charge in [-0.25, -0.2) is 9.78 Å². The number of aryl methyl sites for hydroxylation is 2. The number of amides is 1. The third-order valence-electron chi connectivity index (χ3n) is 7.54. The van der Waals surface area contributed by atoms with E-state index in [-0.39, 0.29) is 18.4 Å². The molecule has 2 heterocycles. The number of hydrogen-bond donors (Lipinski definition) is 3. The van der Waals surface area contributed by atoms with Crippen molar-refractivity contribution in [2.24, 2.45) is 5.92 Å². The highest BCUT2D eigenvalue weighted by atomic mass is 16.5. The lowest BCUT2D eigenvalue weighted by atomic mass is 9.79. The second-order valence-corrected chi connectivity index (χ2v) is 10.3. The van der Waals surface area contributed by atoms with Crippen LogP contribution in [0.15, 0.2) is 36.4 Å². The Balaban J connectivity index is 0.998. The normalized spacial score (nSPS) is 21.8. The maximum absolute atomic E-state index is 12.5. The van der Waals surface area contributed by atoms with Crippen LogP contribution in [0.4, 0.5) is 5.82 Å². The molecule has 3 N–H and O–H groups in total. The number of carbonyl (C=O) groups is 2. The molecule has 2 aliphatic carbocycles. The number of nitrogens with one attached hydrogen (secondary N) is 2. The van der Waals surface area contributed by atoms with Crippen LogP contribution < -0.4 is 10.6 Å². The van der Waals surface area contributed by atoms with Crippen molar-refractivity contribution in [2.75, 3.05) is 18.5 Å². The van der Waals surface area contributed by atoms with Crippen LogP contribution in [0.1, 0.15) is 78.0 Å². The number of carboxylic acid groups (broad SMARTS) is 1. The number of aromatic nitrogens is 1. The summed E-state index contributed by atoms with van der Waals surface area (Å²) in [7, 11) is 0. The first-order chi connectivity index (χ1) is 17.0. The van der Waals surface area contributed by atoms with Gasteiger partial charge in [0.25, 0.3) is 5.91 Å². The van der Waals surface area contributed by atoms with Gasteiger partial charge in [0.05, 0.1) is 6.10 Å². The third-order valence-corrected chi connectivity index (χ3v) is 7.54. The molecule has 2 fully saturated rings. The van der Waals surface area contributed by atoms with Crippen molar-refractivity contribution >= 4 is 17.7 Å². The molecule has 1 aromatic heterocycles. The van der Waals surface area contributed by atoms with Crippen molar-refractivity contribution in [3.05, 3.63) is 58.8 Å². The first-order valence-electron chi connectivity index (χ1n) is 13.0. The molecule has 2 aromatic rings. The molecule has 186 valence electrons. The monoisotopic (exact) mass is 477 g/mol. The second kappa shape index (κ2) is 10.8. The highest BCUT2D eigenvalue weighted by Gasteiger charge is 2.30. The van der Waals surface area contributed by atoms with Crippen LogP contribution in [0.3, 0.4) is 0 Å². The minimum absolute atomic E-state index is 0.179. The van der Waals surface area contributed by atoms with E-state index in [0.29, 0.717) is 24.0 Å². The molecule has 0 radical (unpaired) electrons. The summed E-state index contributed by atoms with van der Waals surface area (Å²) >= 11 is 0. The highest BCUT2D eigenvalue weighted by molar-refractivity contribution is 5.96. The zero-order valence-corrected chi connectivity index (χ0v) is 20.2. The van der Waals surface area contributed by atoms with Gasteiger partial charge in [0.1, 0.15) is 11.9 Å². The fourth-order valence-corrected chi connectivity index (χ4v) is 5.08. The second-order valence-electron chi connectivity index (χ2n) is 10.3. The number of carbonyl (C=O) groups excluding carboxylic acids is 1. The van der Waals surface area contributed by atoms with Gasteiger partial charge in [-0.05, 0) is 92.5 Å². The molecule has 1 atom stereocenters. The number of nitrogens with zero attached hydrogens (tertiary/aromatic N) is 1. The fourth-order valence-electron chi connectivity index (χ4n) is 5.08. The molecule has 7 heteroatoms. The molecule has 1 aliphatic heterocycles. The van der Waals surface area contributed by atoms with E-state index in [9.17, 15) is 14.7 Å². The Morgan fingerprint density at radius 2 is 1.94 bits per heavy atom.